The zero-order valence-corrected chi connectivity index (χ0v) is 19.4. The van der Waals surface area contributed by atoms with Gasteiger partial charge in [-0.3, -0.25) is 19.1 Å². The van der Waals surface area contributed by atoms with E-state index in [1.165, 1.54) is 9.47 Å². The van der Waals surface area contributed by atoms with Gasteiger partial charge in [-0.05, 0) is 42.5 Å². The summed E-state index contributed by atoms with van der Waals surface area (Å²) in [7, 11) is 2.00. The summed E-state index contributed by atoms with van der Waals surface area (Å²) in [6.45, 7) is 11.5. The number of aromatic nitrogens is 2. The fourth-order valence-electron chi connectivity index (χ4n) is 3.50. The Morgan fingerprint density at radius 2 is 1.71 bits per heavy atom. The van der Waals surface area contributed by atoms with Gasteiger partial charge in [-0.15, -0.1) is 0 Å². The monoisotopic (exact) mass is 429 g/mol. The fraction of sp³-hybridized carbons (Fsp3) is 0.522. The number of amides is 1. The van der Waals surface area contributed by atoms with Crippen molar-refractivity contribution in [1.82, 2.24) is 9.55 Å². The highest BCUT2D eigenvalue weighted by atomic mass is 16.2. The van der Waals surface area contributed by atoms with Crippen LogP contribution in [0.25, 0.3) is 0 Å². The number of benzene rings is 1. The minimum Gasteiger partial charge on any atom is -0.383 e. The van der Waals surface area contributed by atoms with Gasteiger partial charge in [0.2, 0.25) is 0 Å². The van der Waals surface area contributed by atoms with Crippen LogP contribution < -0.4 is 26.8 Å². The van der Waals surface area contributed by atoms with Gasteiger partial charge in [-0.1, -0.05) is 34.6 Å². The smallest absolute Gasteiger partial charge is 0.330 e. The molecule has 1 aromatic carbocycles. The molecule has 0 fully saturated rings. The molecule has 0 bridgehead atoms. The number of anilines is 3. The third-order valence-electron chi connectivity index (χ3n) is 4.94. The Morgan fingerprint density at radius 3 is 2.23 bits per heavy atom. The van der Waals surface area contributed by atoms with Crippen molar-refractivity contribution in [2.45, 2.75) is 47.6 Å². The van der Waals surface area contributed by atoms with E-state index in [4.69, 9.17) is 5.73 Å². The van der Waals surface area contributed by atoms with Gasteiger partial charge in [0.1, 0.15) is 5.82 Å². The summed E-state index contributed by atoms with van der Waals surface area (Å²) in [4.78, 5) is 44.3. The van der Waals surface area contributed by atoms with E-state index in [0.717, 1.165) is 18.7 Å². The van der Waals surface area contributed by atoms with E-state index in [-0.39, 0.29) is 29.2 Å². The van der Waals surface area contributed by atoms with E-state index in [1.54, 1.807) is 12.1 Å². The van der Waals surface area contributed by atoms with E-state index < -0.39 is 11.2 Å². The lowest BCUT2D eigenvalue weighted by Gasteiger charge is -2.27. The number of aromatic amines is 1. The van der Waals surface area contributed by atoms with Crippen molar-refractivity contribution in [1.29, 1.82) is 0 Å². The van der Waals surface area contributed by atoms with Crippen molar-refractivity contribution in [2.75, 3.05) is 35.7 Å². The zero-order chi connectivity index (χ0) is 23.3. The number of nitrogens with one attached hydrogen (secondary N) is 1. The highest BCUT2D eigenvalue weighted by Gasteiger charge is 2.26. The van der Waals surface area contributed by atoms with Crippen molar-refractivity contribution in [3.8, 4) is 0 Å². The van der Waals surface area contributed by atoms with Gasteiger partial charge < -0.3 is 15.5 Å². The fourth-order valence-corrected chi connectivity index (χ4v) is 3.50. The number of rotatable bonds is 9. The molecule has 0 spiro atoms. The predicted molar refractivity (Wildman–Crippen MR) is 127 cm³/mol. The molecule has 1 amide bonds. The van der Waals surface area contributed by atoms with Crippen LogP contribution >= 0.6 is 0 Å². The third kappa shape index (κ3) is 5.77. The number of nitrogens with zero attached hydrogens (tertiary/aromatic N) is 3. The largest absolute Gasteiger partial charge is 0.383 e. The number of hydrogen-bond donors (Lipinski definition) is 2. The van der Waals surface area contributed by atoms with Gasteiger partial charge in [0.15, 0.2) is 5.69 Å². The van der Waals surface area contributed by atoms with Crippen LogP contribution in [0.4, 0.5) is 17.2 Å². The van der Waals surface area contributed by atoms with Crippen molar-refractivity contribution >= 4 is 23.1 Å². The summed E-state index contributed by atoms with van der Waals surface area (Å²) >= 11 is 0. The molecule has 0 atom stereocenters. The highest BCUT2D eigenvalue weighted by Crippen LogP contribution is 2.23. The normalized spacial score (nSPS) is 11.2. The molecule has 8 heteroatoms. The van der Waals surface area contributed by atoms with E-state index in [1.807, 2.05) is 46.9 Å². The van der Waals surface area contributed by atoms with Crippen molar-refractivity contribution < 1.29 is 4.79 Å². The van der Waals surface area contributed by atoms with Crippen LogP contribution in [0.1, 0.15) is 51.4 Å². The van der Waals surface area contributed by atoms with Crippen molar-refractivity contribution in [2.24, 2.45) is 11.8 Å². The van der Waals surface area contributed by atoms with Gasteiger partial charge in [-0.2, -0.15) is 0 Å². The number of H-pyrrole nitrogens is 1. The number of carbonyl (C=O) groups is 1. The van der Waals surface area contributed by atoms with E-state index in [9.17, 15) is 14.4 Å². The quantitative estimate of drug-likeness (QED) is 0.638. The molecule has 0 aliphatic carbocycles. The van der Waals surface area contributed by atoms with Crippen molar-refractivity contribution in [3.05, 3.63) is 50.7 Å². The Morgan fingerprint density at radius 1 is 1.10 bits per heavy atom. The van der Waals surface area contributed by atoms with Crippen LogP contribution in [-0.2, 0) is 6.54 Å². The van der Waals surface area contributed by atoms with Crippen LogP contribution in [0.15, 0.2) is 33.9 Å². The van der Waals surface area contributed by atoms with E-state index in [0.29, 0.717) is 18.7 Å². The number of carbonyl (C=O) groups excluding carboxylic acids is 1. The summed E-state index contributed by atoms with van der Waals surface area (Å²) in [5, 5.41) is 0. The predicted octanol–water partition coefficient (Wildman–Crippen LogP) is 2.92. The molecule has 0 saturated heterocycles. The first-order chi connectivity index (χ1) is 14.6. The molecule has 0 aliphatic heterocycles. The number of nitrogens with two attached hydrogens (primary N) is 1. The Labute approximate surface area is 183 Å². The molecule has 2 rings (SSSR count). The minimum atomic E-state index is -0.657. The average Bonchev–Trinajstić information content (AvgIpc) is 2.69. The second-order valence-electron chi connectivity index (χ2n) is 8.78. The summed E-state index contributed by atoms with van der Waals surface area (Å²) in [5.74, 6) is -0.0927. The summed E-state index contributed by atoms with van der Waals surface area (Å²) in [5.41, 5.74) is 6.52. The maximum absolute atomic E-state index is 13.4. The lowest BCUT2D eigenvalue weighted by atomic mass is 10.1. The lowest BCUT2D eigenvalue weighted by Crippen LogP contribution is -2.43. The topological polar surface area (TPSA) is 104 Å². The second-order valence-corrected chi connectivity index (χ2v) is 8.78. The highest BCUT2D eigenvalue weighted by molar-refractivity contribution is 6.07. The molecule has 2 aromatic rings. The molecule has 1 aromatic heterocycles. The molecule has 0 unspecified atom stereocenters. The average molecular weight is 430 g/mol. The molecule has 8 nitrogen and oxygen atoms in total. The van der Waals surface area contributed by atoms with Crippen LogP contribution in [0.5, 0.6) is 0 Å². The molecule has 0 radical (unpaired) electrons. The molecular weight excluding hydrogens is 394 g/mol. The van der Waals surface area contributed by atoms with Crippen molar-refractivity contribution in [3.63, 3.8) is 0 Å². The Bertz CT molecular complexity index is 1010. The molecule has 0 saturated carbocycles. The lowest BCUT2D eigenvalue weighted by molar-refractivity contribution is 0.0983. The first kappa shape index (κ1) is 24.2. The van der Waals surface area contributed by atoms with Gasteiger partial charge in [-0.25, -0.2) is 4.79 Å². The zero-order valence-electron chi connectivity index (χ0n) is 19.4. The van der Waals surface area contributed by atoms with Gasteiger partial charge in [0, 0.05) is 37.9 Å². The molecule has 3 N–H and O–H groups in total. The van der Waals surface area contributed by atoms with Crippen LogP contribution in [0.3, 0.4) is 0 Å². The van der Waals surface area contributed by atoms with E-state index >= 15 is 0 Å². The van der Waals surface area contributed by atoms with E-state index in [2.05, 4.69) is 16.8 Å². The standard InChI is InChI=1S/C23H35N5O3/c1-7-12-26(6)18-10-8-17(9-11-18)22(30)27(13-15(2)3)19-20(24)28(14-16(4)5)23(31)25-21(19)29/h8-11,15-16H,7,12-14,24H2,1-6H3,(H,25,29,31). The Balaban J connectivity index is 2.53. The Hall–Kier alpha value is -3.03. The first-order valence-corrected chi connectivity index (χ1v) is 10.8. The van der Waals surface area contributed by atoms with Crippen LogP contribution in [0, 0.1) is 11.8 Å². The second kappa shape index (κ2) is 10.3. The minimum absolute atomic E-state index is 0.00995. The van der Waals surface area contributed by atoms with Gasteiger partial charge in [0.25, 0.3) is 11.5 Å². The molecular formula is C23H35N5O3. The SMILES string of the molecule is CCCN(C)c1ccc(C(=O)N(CC(C)C)c2c(N)n(CC(C)C)c(=O)[nH]c2=O)cc1. The number of nitrogen functional groups attached to an aromatic ring is 1. The molecule has 0 aliphatic rings. The Kier molecular flexibility index (Phi) is 8.08. The molecule has 1 heterocycles. The summed E-state index contributed by atoms with van der Waals surface area (Å²) in [6, 6.07) is 7.30. The van der Waals surface area contributed by atoms with Crippen LogP contribution in [0.2, 0.25) is 0 Å². The summed E-state index contributed by atoms with van der Waals surface area (Å²) in [6.07, 6.45) is 1.02. The maximum Gasteiger partial charge on any atom is 0.330 e. The third-order valence-corrected chi connectivity index (χ3v) is 4.94. The first-order valence-electron chi connectivity index (χ1n) is 10.8. The molecule has 170 valence electrons. The number of hydrogen-bond acceptors (Lipinski definition) is 5. The maximum atomic E-state index is 13.4. The van der Waals surface area contributed by atoms with Gasteiger partial charge >= 0.3 is 5.69 Å². The summed E-state index contributed by atoms with van der Waals surface area (Å²) < 4.78 is 1.32. The molecule has 31 heavy (non-hydrogen) atoms. The van der Waals surface area contributed by atoms with Crippen LogP contribution in [-0.4, -0.2) is 35.6 Å². The van der Waals surface area contributed by atoms with Gasteiger partial charge in [0.05, 0.1) is 0 Å².